The number of rotatable bonds is 5. The predicted octanol–water partition coefficient (Wildman–Crippen LogP) is 4.02. The van der Waals surface area contributed by atoms with Crippen LogP contribution < -0.4 is 10.2 Å². The maximum atomic E-state index is 4.70. The van der Waals surface area contributed by atoms with Gasteiger partial charge in [0.1, 0.15) is 5.82 Å². The zero-order chi connectivity index (χ0) is 15.5. The average Bonchev–Trinajstić information content (AvgIpc) is 2.83. The number of benzene rings is 1. The van der Waals surface area contributed by atoms with Crippen LogP contribution in [0.3, 0.4) is 0 Å². The first-order valence-corrected chi connectivity index (χ1v) is 8.09. The van der Waals surface area contributed by atoms with E-state index >= 15 is 0 Å². The van der Waals surface area contributed by atoms with Crippen molar-refractivity contribution in [3.8, 4) is 0 Å². The van der Waals surface area contributed by atoms with E-state index in [2.05, 4.69) is 60.2 Å². The van der Waals surface area contributed by atoms with Crippen molar-refractivity contribution in [2.75, 3.05) is 16.8 Å². The van der Waals surface area contributed by atoms with Crippen LogP contribution in [0.5, 0.6) is 0 Å². The number of nitrogens with one attached hydrogen (secondary N) is 1. The molecule has 2 aromatic rings. The molecule has 1 aromatic carbocycles. The molecule has 1 aliphatic rings. The molecule has 22 heavy (non-hydrogen) atoms. The smallest absolute Gasteiger partial charge is 0.232 e. The van der Waals surface area contributed by atoms with Crippen molar-refractivity contribution in [3.05, 3.63) is 42.1 Å². The molecule has 0 saturated carbocycles. The molecule has 0 saturated heterocycles. The van der Waals surface area contributed by atoms with Crippen LogP contribution in [0.2, 0.25) is 0 Å². The van der Waals surface area contributed by atoms with Gasteiger partial charge in [0.05, 0.1) is 0 Å². The SMILES string of the molecule is CC(C)CCNc1ccnc(N2c3ccccc3CC2C)n1. The number of anilines is 3. The van der Waals surface area contributed by atoms with Gasteiger partial charge in [-0.05, 0) is 43.4 Å². The highest BCUT2D eigenvalue weighted by molar-refractivity contribution is 5.67. The largest absolute Gasteiger partial charge is 0.370 e. The molecule has 1 aromatic heterocycles. The second-order valence-corrected chi connectivity index (χ2v) is 6.40. The summed E-state index contributed by atoms with van der Waals surface area (Å²) in [6.45, 7) is 7.63. The zero-order valence-electron chi connectivity index (χ0n) is 13.6. The van der Waals surface area contributed by atoms with Gasteiger partial charge in [-0.2, -0.15) is 4.98 Å². The Morgan fingerprint density at radius 2 is 2.09 bits per heavy atom. The van der Waals surface area contributed by atoms with E-state index in [0.29, 0.717) is 12.0 Å². The van der Waals surface area contributed by atoms with Gasteiger partial charge in [-0.3, -0.25) is 0 Å². The Bertz CT molecular complexity index is 638. The minimum atomic E-state index is 0.392. The number of hydrogen-bond donors (Lipinski definition) is 1. The first-order chi connectivity index (χ1) is 10.6. The molecule has 4 nitrogen and oxygen atoms in total. The molecule has 0 bridgehead atoms. The Kier molecular flexibility index (Phi) is 4.27. The Hall–Kier alpha value is -2.10. The van der Waals surface area contributed by atoms with Crippen LogP contribution in [0.1, 0.15) is 32.8 Å². The monoisotopic (exact) mass is 296 g/mol. The van der Waals surface area contributed by atoms with Crippen molar-refractivity contribution in [2.45, 2.75) is 39.7 Å². The molecular weight excluding hydrogens is 272 g/mol. The van der Waals surface area contributed by atoms with Crippen molar-refractivity contribution in [1.82, 2.24) is 9.97 Å². The number of para-hydroxylation sites is 1. The molecule has 4 heteroatoms. The summed E-state index contributed by atoms with van der Waals surface area (Å²) in [5.41, 5.74) is 2.60. The van der Waals surface area contributed by atoms with Gasteiger partial charge < -0.3 is 10.2 Å². The lowest BCUT2D eigenvalue weighted by Crippen LogP contribution is -2.26. The quantitative estimate of drug-likeness (QED) is 0.905. The predicted molar refractivity (Wildman–Crippen MR) is 91.7 cm³/mol. The summed E-state index contributed by atoms with van der Waals surface area (Å²) in [6.07, 6.45) is 4.03. The summed E-state index contributed by atoms with van der Waals surface area (Å²) in [5.74, 6) is 2.38. The van der Waals surface area contributed by atoms with Crippen LogP contribution in [0, 0.1) is 5.92 Å². The molecule has 0 fully saturated rings. The third-order valence-electron chi connectivity index (χ3n) is 4.09. The molecular formula is C18H24N4. The van der Waals surface area contributed by atoms with Crippen molar-refractivity contribution in [1.29, 1.82) is 0 Å². The van der Waals surface area contributed by atoms with Gasteiger partial charge in [0, 0.05) is 24.5 Å². The Morgan fingerprint density at radius 1 is 1.27 bits per heavy atom. The number of hydrogen-bond acceptors (Lipinski definition) is 4. The van der Waals surface area contributed by atoms with Crippen molar-refractivity contribution in [2.24, 2.45) is 5.92 Å². The minimum Gasteiger partial charge on any atom is -0.370 e. The van der Waals surface area contributed by atoms with E-state index in [1.165, 1.54) is 11.3 Å². The normalized spacial score (nSPS) is 16.9. The van der Waals surface area contributed by atoms with Crippen LogP contribution in [0.15, 0.2) is 36.5 Å². The lowest BCUT2D eigenvalue weighted by Gasteiger charge is -2.23. The van der Waals surface area contributed by atoms with Crippen molar-refractivity contribution >= 4 is 17.5 Å². The first kappa shape index (κ1) is 14.8. The molecule has 0 spiro atoms. The fourth-order valence-corrected chi connectivity index (χ4v) is 2.92. The van der Waals surface area contributed by atoms with E-state index in [0.717, 1.165) is 31.2 Å². The van der Waals surface area contributed by atoms with Gasteiger partial charge in [0.15, 0.2) is 0 Å². The summed E-state index contributed by atoms with van der Waals surface area (Å²) >= 11 is 0. The van der Waals surface area contributed by atoms with E-state index in [-0.39, 0.29) is 0 Å². The molecule has 1 unspecified atom stereocenters. The van der Waals surface area contributed by atoms with Crippen LogP contribution in [0.4, 0.5) is 17.5 Å². The summed E-state index contributed by atoms with van der Waals surface area (Å²) in [4.78, 5) is 11.4. The minimum absolute atomic E-state index is 0.392. The topological polar surface area (TPSA) is 41.1 Å². The Labute approximate surface area is 132 Å². The second-order valence-electron chi connectivity index (χ2n) is 6.40. The van der Waals surface area contributed by atoms with Crippen molar-refractivity contribution < 1.29 is 0 Å². The highest BCUT2D eigenvalue weighted by Crippen LogP contribution is 2.36. The van der Waals surface area contributed by atoms with Crippen LogP contribution >= 0.6 is 0 Å². The fourth-order valence-electron chi connectivity index (χ4n) is 2.92. The lowest BCUT2D eigenvalue weighted by atomic mass is 10.1. The van der Waals surface area contributed by atoms with E-state index in [1.54, 1.807) is 0 Å². The van der Waals surface area contributed by atoms with Gasteiger partial charge in [0.2, 0.25) is 5.95 Å². The van der Waals surface area contributed by atoms with Gasteiger partial charge >= 0.3 is 0 Å². The van der Waals surface area contributed by atoms with E-state index < -0.39 is 0 Å². The zero-order valence-corrected chi connectivity index (χ0v) is 13.6. The number of aromatic nitrogens is 2. The molecule has 116 valence electrons. The molecule has 0 radical (unpaired) electrons. The maximum absolute atomic E-state index is 4.70. The molecule has 1 aliphatic heterocycles. The first-order valence-electron chi connectivity index (χ1n) is 8.09. The van der Waals surface area contributed by atoms with E-state index in [1.807, 2.05) is 12.3 Å². The summed E-state index contributed by atoms with van der Waals surface area (Å²) in [7, 11) is 0. The molecule has 1 N–H and O–H groups in total. The van der Waals surface area contributed by atoms with Gasteiger partial charge in [-0.25, -0.2) is 4.98 Å². The van der Waals surface area contributed by atoms with Crippen LogP contribution in [-0.4, -0.2) is 22.6 Å². The Morgan fingerprint density at radius 3 is 2.91 bits per heavy atom. The number of nitrogens with zero attached hydrogens (tertiary/aromatic N) is 3. The van der Waals surface area contributed by atoms with Gasteiger partial charge in [-0.1, -0.05) is 32.0 Å². The lowest BCUT2D eigenvalue weighted by molar-refractivity contribution is 0.606. The summed E-state index contributed by atoms with van der Waals surface area (Å²) in [5, 5.41) is 3.40. The summed E-state index contributed by atoms with van der Waals surface area (Å²) < 4.78 is 0. The highest BCUT2D eigenvalue weighted by atomic mass is 15.3. The van der Waals surface area contributed by atoms with Crippen molar-refractivity contribution in [3.63, 3.8) is 0 Å². The number of fused-ring (bicyclic) bond motifs is 1. The summed E-state index contributed by atoms with van der Waals surface area (Å²) in [6, 6.07) is 10.9. The van der Waals surface area contributed by atoms with Gasteiger partial charge in [-0.15, -0.1) is 0 Å². The van der Waals surface area contributed by atoms with E-state index in [9.17, 15) is 0 Å². The van der Waals surface area contributed by atoms with E-state index in [4.69, 9.17) is 4.98 Å². The third-order valence-corrected chi connectivity index (χ3v) is 4.09. The molecule has 2 heterocycles. The molecule has 0 amide bonds. The fraction of sp³-hybridized carbons (Fsp3) is 0.444. The van der Waals surface area contributed by atoms with Crippen LogP contribution in [0.25, 0.3) is 0 Å². The average molecular weight is 296 g/mol. The second kappa shape index (κ2) is 6.34. The van der Waals surface area contributed by atoms with Crippen LogP contribution in [-0.2, 0) is 6.42 Å². The molecule has 0 aliphatic carbocycles. The Balaban J connectivity index is 1.80. The standard InChI is InChI=1S/C18H24N4/c1-13(2)8-10-19-17-9-11-20-18(21-17)22-14(3)12-15-6-4-5-7-16(15)22/h4-7,9,11,13-14H,8,10,12H2,1-3H3,(H,19,20,21). The maximum Gasteiger partial charge on any atom is 0.232 e. The molecule has 1 atom stereocenters. The highest BCUT2D eigenvalue weighted by Gasteiger charge is 2.28. The van der Waals surface area contributed by atoms with Gasteiger partial charge in [0.25, 0.3) is 0 Å². The molecule has 3 rings (SSSR count). The third kappa shape index (κ3) is 3.06.